The molecular formula is C25H22FN5O3S. The van der Waals surface area contributed by atoms with Crippen LogP contribution in [0.15, 0.2) is 84.0 Å². The van der Waals surface area contributed by atoms with E-state index in [0.717, 1.165) is 11.3 Å². The Labute approximate surface area is 205 Å². The Morgan fingerprint density at radius 1 is 1.03 bits per heavy atom. The van der Waals surface area contributed by atoms with Gasteiger partial charge < -0.3 is 20.2 Å². The largest absolute Gasteiger partial charge is 0.497 e. The van der Waals surface area contributed by atoms with Crippen LogP contribution in [0.3, 0.4) is 0 Å². The summed E-state index contributed by atoms with van der Waals surface area (Å²) in [6, 6.07) is 22.2. The van der Waals surface area contributed by atoms with Crippen molar-refractivity contribution < 1.29 is 18.7 Å². The maximum Gasteiger partial charge on any atom is 0.240 e. The highest BCUT2D eigenvalue weighted by Gasteiger charge is 2.38. The highest BCUT2D eigenvalue weighted by molar-refractivity contribution is 8.00. The summed E-state index contributed by atoms with van der Waals surface area (Å²) in [6.07, 6.45) is 0. The van der Waals surface area contributed by atoms with Crippen molar-refractivity contribution in [3.05, 3.63) is 96.1 Å². The molecule has 1 aliphatic heterocycles. The summed E-state index contributed by atoms with van der Waals surface area (Å²) in [5, 5.41) is 11.4. The normalized spacial score (nSPS) is 16.6. The number of nitrogens with one attached hydrogen (secondary N) is 2. The minimum absolute atomic E-state index is 0.201. The lowest BCUT2D eigenvalue weighted by Gasteiger charge is -2.33. The predicted molar refractivity (Wildman–Crippen MR) is 131 cm³/mol. The molecule has 1 aromatic heterocycles. The van der Waals surface area contributed by atoms with Gasteiger partial charge in [-0.15, -0.1) is 10.2 Å². The molecule has 178 valence electrons. The third kappa shape index (κ3) is 5.07. The molecule has 1 amide bonds. The number of nitrogens with zero attached hydrogens (tertiary/aromatic N) is 3. The van der Waals surface area contributed by atoms with E-state index in [4.69, 9.17) is 9.47 Å². The molecule has 0 unspecified atom stereocenters. The smallest absolute Gasteiger partial charge is 0.240 e. The monoisotopic (exact) mass is 491 g/mol. The fourth-order valence-corrected chi connectivity index (χ4v) is 4.76. The van der Waals surface area contributed by atoms with Gasteiger partial charge in [0.15, 0.2) is 5.82 Å². The Morgan fingerprint density at radius 2 is 1.77 bits per heavy atom. The minimum atomic E-state index is -0.576. The van der Waals surface area contributed by atoms with Gasteiger partial charge in [0.2, 0.25) is 11.1 Å². The van der Waals surface area contributed by atoms with Crippen LogP contribution in [0.25, 0.3) is 0 Å². The summed E-state index contributed by atoms with van der Waals surface area (Å²) in [4.78, 5) is 13.3. The van der Waals surface area contributed by atoms with E-state index in [-0.39, 0.29) is 18.3 Å². The number of methoxy groups -OCH3 is 1. The van der Waals surface area contributed by atoms with E-state index in [1.54, 1.807) is 11.8 Å². The second kappa shape index (κ2) is 10.1. The number of anilines is 1. The molecule has 0 spiro atoms. The number of ether oxygens (including phenoxy) is 2. The number of thioether (sulfide) groups is 1. The van der Waals surface area contributed by atoms with Crippen molar-refractivity contribution in [2.75, 3.05) is 17.9 Å². The molecule has 35 heavy (non-hydrogen) atoms. The zero-order valence-corrected chi connectivity index (χ0v) is 19.5. The number of carbonyl (C=O) groups is 1. The van der Waals surface area contributed by atoms with Gasteiger partial charge in [-0.1, -0.05) is 42.1 Å². The first-order valence-electron chi connectivity index (χ1n) is 10.9. The number of hydrogen-bond donors (Lipinski definition) is 2. The van der Waals surface area contributed by atoms with Gasteiger partial charge in [-0.25, -0.2) is 9.07 Å². The number of para-hydroxylation sites is 1. The maximum atomic E-state index is 13.3. The molecule has 2 heterocycles. The molecule has 0 bridgehead atoms. The van der Waals surface area contributed by atoms with Crippen LogP contribution in [-0.2, 0) is 11.4 Å². The van der Waals surface area contributed by atoms with E-state index < -0.39 is 11.3 Å². The van der Waals surface area contributed by atoms with Gasteiger partial charge in [-0.05, 0) is 54.1 Å². The number of fused-ring (bicyclic) bond motifs is 1. The summed E-state index contributed by atoms with van der Waals surface area (Å²) in [5.41, 5.74) is 4.78. The quantitative estimate of drug-likeness (QED) is 0.396. The summed E-state index contributed by atoms with van der Waals surface area (Å²) >= 11 is 1.30. The molecule has 2 atom stereocenters. The summed E-state index contributed by atoms with van der Waals surface area (Å²) in [7, 11) is 1.60. The topological polar surface area (TPSA) is 90.3 Å². The lowest BCUT2D eigenvalue weighted by Crippen LogP contribution is -2.41. The van der Waals surface area contributed by atoms with E-state index >= 15 is 0 Å². The Morgan fingerprint density at radius 3 is 2.49 bits per heavy atom. The molecular weight excluding hydrogens is 469 g/mol. The van der Waals surface area contributed by atoms with Gasteiger partial charge >= 0.3 is 0 Å². The molecule has 0 radical (unpaired) electrons. The standard InChI is InChI=1S/C25H22FN5O3S/c1-33-19-13-7-16(8-14-19)22-23(24(32)27-18-11-9-17(26)10-12-18)35-25-29-28-21(31(25)30-22)15-34-20-5-3-2-4-6-20/h2-14,22-23,30H,15H2,1H3,(H,27,32)/t22-,23+/m0/s1. The number of aromatic nitrogens is 3. The molecule has 3 aromatic carbocycles. The van der Waals surface area contributed by atoms with Crippen LogP contribution in [0, 0.1) is 5.82 Å². The van der Waals surface area contributed by atoms with Crippen LogP contribution in [-0.4, -0.2) is 33.1 Å². The molecule has 8 nitrogen and oxygen atoms in total. The first-order valence-corrected chi connectivity index (χ1v) is 11.7. The Bertz CT molecular complexity index is 1300. The summed E-state index contributed by atoms with van der Waals surface area (Å²) in [6.45, 7) is 0.201. The van der Waals surface area contributed by atoms with Crippen molar-refractivity contribution in [2.45, 2.75) is 23.1 Å². The molecule has 10 heteroatoms. The van der Waals surface area contributed by atoms with Crippen molar-refractivity contribution in [3.8, 4) is 11.5 Å². The zero-order valence-electron chi connectivity index (χ0n) is 18.7. The zero-order chi connectivity index (χ0) is 24.2. The molecule has 0 fully saturated rings. The van der Waals surface area contributed by atoms with Crippen LogP contribution in [0.1, 0.15) is 17.4 Å². The molecule has 1 aliphatic rings. The van der Waals surface area contributed by atoms with Gasteiger partial charge in [0.05, 0.1) is 13.2 Å². The van der Waals surface area contributed by atoms with Crippen molar-refractivity contribution >= 4 is 23.4 Å². The highest BCUT2D eigenvalue weighted by Crippen LogP contribution is 2.38. The average Bonchev–Trinajstić information content (AvgIpc) is 3.30. The van der Waals surface area contributed by atoms with Crippen molar-refractivity contribution in [2.24, 2.45) is 0 Å². The SMILES string of the molecule is COc1ccc([C@@H]2Nn3c(COc4ccccc4)nnc3S[C@H]2C(=O)Nc2ccc(F)cc2)cc1. The van der Waals surface area contributed by atoms with E-state index in [1.165, 1.54) is 36.0 Å². The average molecular weight is 492 g/mol. The number of carbonyl (C=O) groups excluding carboxylic acids is 1. The second-order valence-electron chi connectivity index (χ2n) is 7.75. The number of hydrogen-bond acceptors (Lipinski definition) is 7. The molecule has 2 N–H and O–H groups in total. The van der Waals surface area contributed by atoms with Gasteiger partial charge in [-0.2, -0.15) is 0 Å². The first-order chi connectivity index (χ1) is 17.1. The van der Waals surface area contributed by atoms with Gasteiger partial charge in [0.1, 0.15) is 29.2 Å². The van der Waals surface area contributed by atoms with E-state index in [1.807, 2.05) is 54.6 Å². The van der Waals surface area contributed by atoms with Crippen molar-refractivity contribution in [1.82, 2.24) is 14.9 Å². The highest BCUT2D eigenvalue weighted by atomic mass is 32.2. The lowest BCUT2D eigenvalue weighted by molar-refractivity contribution is -0.116. The molecule has 0 aliphatic carbocycles. The lowest BCUT2D eigenvalue weighted by atomic mass is 10.0. The maximum absolute atomic E-state index is 13.3. The Hall–Kier alpha value is -4.05. The third-order valence-corrected chi connectivity index (χ3v) is 6.68. The van der Waals surface area contributed by atoms with Gasteiger partial charge in [0, 0.05) is 5.69 Å². The van der Waals surface area contributed by atoms with Crippen LogP contribution in [0.4, 0.5) is 10.1 Å². The molecule has 0 saturated heterocycles. The number of benzene rings is 3. The summed E-state index contributed by atoms with van der Waals surface area (Å²) in [5.74, 6) is 1.40. The third-order valence-electron chi connectivity index (χ3n) is 5.46. The Balaban J connectivity index is 1.41. The van der Waals surface area contributed by atoms with Crippen LogP contribution < -0.4 is 20.2 Å². The molecule has 4 aromatic rings. The van der Waals surface area contributed by atoms with Crippen LogP contribution in [0.5, 0.6) is 11.5 Å². The minimum Gasteiger partial charge on any atom is -0.497 e. The van der Waals surface area contributed by atoms with Crippen LogP contribution in [0.2, 0.25) is 0 Å². The number of amides is 1. The molecule has 5 rings (SSSR count). The van der Waals surface area contributed by atoms with Gasteiger partial charge in [0.25, 0.3) is 0 Å². The Kier molecular flexibility index (Phi) is 6.53. The fourth-order valence-electron chi connectivity index (χ4n) is 3.66. The van der Waals surface area contributed by atoms with E-state index in [0.29, 0.717) is 22.4 Å². The van der Waals surface area contributed by atoms with E-state index in [9.17, 15) is 9.18 Å². The van der Waals surface area contributed by atoms with Crippen molar-refractivity contribution in [1.29, 1.82) is 0 Å². The number of rotatable bonds is 7. The van der Waals surface area contributed by atoms with Crippen molar-refractivity contribution in [3.63, 3.8) is 0 Å². The predicted octanol–water partition coefficient (Wildman–Crippen LogP) is 4.40. The summed E-state index contributed by atoms with van der Waals surface area (Å²) < 4.78 is 26.2. The molecule has 0 saturated carbocycles. The second-order valence-corrected chi connectivity index (χ2v) is 8.86. The van der Waals surface area contributed by atoms with Crippen LogP contribution >= 0.6 is 11.8 Å². The van der Waals surface area contributed by atoms with E-state index in [2.05, 4.69) is 20.9 Å². The first kappa shape index (κ1) is 22.7. The van der Waals surface area contributed by atoms with Gasteiger partial charge in [-0.3, -0.25) is 4.79 Å². The fraction of sp³-hybridized carbons (Fsp3) is 0.160. The number of halogens is 1.